The van der Waals surface area contributed by atoms with Crippen molar-refractivity contribution in [2.24, 2.45) is 0 Å². The summed E-state index contributed by atoms with van der Waals surface area (Å²) in [6, 6.07) is 16.9. The normalized spacial score (nSPS) is 19.4. The van der Waals surface area contributed by atoms with Gasteiger partial charge in [0.1, 0.15) is 0 Å². The molecular formula is C19H14N2O4S2. The molecule has 4 rings (SSSR count). The summed E-state index contributed by atoms with van der Waals surface area (Å²) < 4.78 is 25.6. The molecular weight excluding hydrogens is 384 g/mol. The molecule has 136 valence electrons. The van der Waals surface area contributed by atoms with Crippen LogP contribution in [0, 0.1) is 11.3 Å². The van der Waals surface area contributed by atoms with E-state index >= 15 is 0 Å². The second-order valence-electron chi connectivity index (χ2n) is 6.05. The van der Waals surface area contributed by atoms with E-state index in [1.807, 2.05) is 24.3 Å². The van der Waals surface area contributed by atoms with E-state index in [1.165, 1.54) is 12.1 Å². The van der Waals surface area contributed by atoms with Crippen LogP contribution in [0.2, 0.25) is 0 Å². The van der Waals surface area contributed by atoms with Gasteiger partial charge in [-0.2, -0.15) is 5.26 Å². The lowest BCUT2D eigenvalue weighted by molar-refractivity contribution is -0.128. The minimum absolute atomic E-state index is 0.0616. The maximum Gasteiger partial charge on any atom is 0.213 e. The molecule has 8 heteroatoms. The summed E-state index contributed by atoms with van der Waals surface area (Å²) in [5.41, 5.74) is 5.00. The largest absolute Gasteiger partial charge is 0.294 e. The third-order valence-electron chi connectivity index (χ3n) is 4.47. The zero-order valence-corrected chi connectivity index (χ0v) is 15.6. The molecule has 2 atom stereocenters. The maximum atomic E-state index is 13.0. The van der Waals surface area contributed by atoms with Crippen LogP contribution in [0.1, 0.15) is 5.56 Å². The molecule has 27 heavy (non-hydrogen) atoms. The first-order valence-corrected chi connectivity index (χ1v) is 10.7. The number of thioether (sulfide) groups is 1. The molecule has 0 aromatic heterocycles. The Kier molecular flexibility index (Phi) is 4.52. The number of nitrogens with one attached hydrogen (secondary N) is 1. The third-order valence-corrected chi connectivity index (χ3v) is 7.48. The Bertz CT molecular complexity index is 1090. The van der Waals surface area contributed by atoms with Gasteiger partial charge in [-0.3, -0.25) is 15.1 Å². The number of nitriles is 1. The van der Waals surface area contributed by atoms with Crippen molar-refractivity contribution in [3.8, 4) is 6.07 Å². The molecule has 0 fully saturated rings. The maximum absolute atomic E-state index is 13.0. The molecule has 0 saturated heterocycles. The van der Waals surface area contributed by atoms with Gasteiger partial charge in [0, 0.05) is 21.8 Å². The molecule has 0 saturated carbocycles. The van der Waals surface area contributed by atoms with Crippen LogP contribution >= 0.6 is 11.8 Å². The van der Waals surface area contributed by atoms with Crippen molar-refractivity contribution in [3.05, 3.63) is 65.7 Å². The summed E-state index contributed by atoms with van der Waals surface area (Å²) in [7, 11) is -4.13. The van der Waals surface area contributed by atoms with Crippen molar-refractivity contribution in [3.63, 3.8) is 0 Å². The van der Waals surface area contributed by atoms with Crippen LogP contribution in [0.5, 0.6) is 0 Å². The highest BCUT2D eigenvalue weighted by Crippen LogP contribution is 2.40. The minimum Gasteiger partial charge on any atom is -0.294 e. The van der Waals surface area contributed by atoms with Crippen LogP contribution in [-0.2, 0) is 19.5 Å². The number of hydrogen-bond donors (Lipinski definition) is 1. The van der Waals surface area contributed by atoms with E-state index in [2.05, 4.69) is 5.48 Å². The number of hydrogen-bond acceptors (Lipinski definition) is 7. The molecule has 0 spiro atoms. The first-order valence-electron chi connectivity index (χ1n) is 8.13. The lowest BCUT2D eigenvalue weighted by Crippen LogP contribution is -2.39. The van der Waals surface area contributed by atoms with Gasteiger partial charge in [0.15, 0.2) is 6.10 Å². The summed E-state index contributed by atoms with van der Waals surface area (Å²) in [6.07, 6.45) is -1.11. The standard InChI is InChI=1S/C19H14N2O4S2/c20-10-16(27(23,24)12-6-2-1-3-7-12)18(22)19-14-11-26-15-9-5-4-8-13(15)17(14)21-25-19/h1-9,16,19,21H,11H2. The lowest BCUT2D eigenvalue weighted by atomic mass is 10.00. The highest BCUT2D eigenvalue weighted by molar-refractivity contribution is 7.99. The van der Waals surface area contributed by atoms with Crippen molar-refractivity contribution in [2.75, 3.05) is 5.75 Å². The van der Waals surface area contributed by atoms with Crippen LogP contribution in [-0.4, -0.2) is 31.3 Å². The first-order chi connectivity index (χ1) is 13.0. The molecule has 2 heterocycles. The van der Waals surface area contributed by atoms with Gasteiger partial charge in [-0.15, -0.1) is 11.8 Å². The van der Waals surface area contributed by atoms with E-state index in [0.717, 1.165) is 10.5 Å². The average Bonchev–Trinajstić information content (AvgIpc) is 3.13. The Morgan fingerprint density at radius 3 is 2.63 bits per heavy atom. The van der Waals surface area contributed by atoms with Crippen molar-refractivity contribution in [1.29, 1.82) is 5.26 Å². The molecule has 1 N–H and O–H groups in total. The fourth-order valence-electron chi connectivity index (χ4n) is 3.12. The SMILES string of the molecule is N#CC(C(=O)C1ONC2=C1CSc1ccccc12)S(=O)(=O)c1ccccc1. The summed E-state index contributed by atoms with van der Waals surface area (Å²) in [4.78, 5) is 19.4. The molecule has 0 aliphatic carbocycles. The zero-order valence-electron chi connectivity index (χ0n) is 14.0. The number of sulfone groups is 1. The van der Waals surface area contributed by atoms with E-state index in [1.54, 1.807) is 36.0 Å². The number of benzene rings is 2. The van der Waals surface area contributed by atoms with Gasteiger partial charge < -0.3 is 0 Å². The highest BCUT2D eigenvalue weighted by atomic mass is 32.2. The predicted molar refractivity (Wildman–Crippen MR) is 100 cm³/mol. The van der Waals surface area contributed by atoms with E-state index in [-0.39, 0.29) is 4.90 Å². The zero-order chi connectivity index (χ0) is 19.0. The first kappa shape index (κ1) is 17.8. The van der Waals surface area contributed by atoms with Crippen LogP contribution in [0.15, 0.2) is 70.0 Å². The van der Waals surface area contributed by atoms with E-state index < -0.39 is 27.0 Å². The third kappa shape index (κ3) is 2.94. The van der Waals surface area contributed by atoms with E-state index in [0.29, 0.717) is 17.0 Å². The molecule has 0 amide bonds. The number of carbonyl (C=O) groups excluding carboxylic acids is 1. The Hall–Kier alpha value is -2.60. The van der Waals surface area contributed by atoms with Crippen molar-refractivity contribution >= 4 is 33.1 Å². The summed E-state index contributed by atoms with van der Waals surface area (Å²) in [5, 5.41) is 7.63. The van der Waals surface area contributed by atoms with Gasteiger partial charge in [0.2, 0.25) is 20.9 Å². The Balaban J connectivity index is 1.69. The fourth-order valence-corrected chi connectivity index (χ4v) is 5.60. The lowest BCUT2D eigenvalue weighted by Gasteiger charge is -2.19. The van der Waals surface area contributed by atoms with E-state index in [9.17, 15) is 18.5 Å². The smallest absolute Gasteiger partial charge is 0.213 e. The Labute approximate surface area is 160 Å². The molecule has 2 aliphatic heterocycles. The summed E-state index contributed by atoms with van der Waals surface area (Å²) >= 11 is 1.55. The molecule has 2 unspecified atom stereocenters. The van der Waals surface area contributed by atoms with Gasteiger partial charge in [0.05, 0.1) is 16.7 Å². The van der Waals surface area contributed by atoms with Gasteiger partial charge in [-0.05, 0) is 18.2 Å². The van der Waals surface area contributed by atoms with Crippen LogP contribution in [0.4, 0.5) is 0 Å². The monoisotopic (exact) mass is 398 g/mol. The van der Waals surface area contributed by atoms with Crippen molar-refractivity contribution in [1.82, 2.24) is 5.48 Å². The topological polar surface area (TPSA) is 96.3 Å². The quantitative estimate of drug-likeness (QED) is 0.844. The summed E-state index contributed by atoms with van der Waals surface area (Å²) in [5.74, 6) is -0.293. The molecule has 0 radical (unpaired) electrons. The molecule has 6 nitrogen and oxygen atoms in total. The highest BCUT2D eigenvalue weighted by Gasteiger charge is 2.44. The van der Waals surface area contributed by atoms with E-state index in [4.69, 9.17) is 4.84 Å². The second-order valence-corrected chi connectivity index (χ2v) is 9.10. The number of fused-ring (bicyclic) bond motifs is 2. The van der Waals surface area contributed by atoms with Crippen LogP contribution < -0.4 is 5.48 Å². The van der Waals surface area contributed by atoms with Gasteiger partial charge >= 0.3 is 0 Å². The number of rotatable bonds is 4. The Morgan fingerprint density at radius 1 is 1.19 bits per heavy atom. The van der Waals surface area contributed by atoms with Crippen molar-refractivity contribution in [2.45, 2.75) is 21.1 Å². The Morgan fingerprint density at radius 2 is 1.89 bits per heavy atom. The number of carbonyl (C=O) groups is 1. The van der Waals surface area contributed by atoms with Gasteiger partial charge in [0.25, 0.3) is 0 Å². The number of nitrogens with zero attached hydrogens (tertiary/aromatic N) is 1. The van der Waals surface area contributed by atoms with Gasteiger partial charge in [-0.25, -0.2) is 8.42 Å². The predicted octanol–water partition coefficient (Wildman–Crippen LogP) is 2.34. The summed E-state index contributed by atoms with van der Waals surface area (Å²) in [6.45, 7) is 0. The minimum atomic E-state index is -4.13. The molecule has 2 aliphatic rings. The second kappa shape index (κ2) is 6.85. The van der Waals surface area contributed by atoms with Crippen LogP contribution in [0.25, 0.3) is 5.70 Å². The number of Topliss-reactive ketones (excluding diaryl/α,β-unsaturated/α-hetero) is 1. The number of ketones is 1. The van der Waals surface area contributed by atoms with Crippen LogP contribution in [0.3, 0.4) is 0 Å². The molecule has 0 bridgehead atoms. The van der Waals surface area contributed by atoms with Gasteiger partial charge in [-0.1, -0.05) is 36.4 Å². The van der Waals surface area contributed by atoms with Crippen molar-refractivity contribution < 1.29 is 18.0 Å². The molecule has 2 aromatic rings. The number of hydroxylamine groups is 1. The fraction of sp³-hybridized carbons (Fsp3) is 0.158. The molecule has 2 aromatic carbocycles. The average molecular weight is 398 g/mol.